The molecule has 1 saturated carbocycles. The Hall–Kier alpha value is -3.33. The van der Waals surface area contributed by atoms with E-state index >= 15 is 0 Å². The second-order valence-electron chi connectivity index (χ2n) is 13.5. The highest BCUT2D eigenvalue weighted by molar-refractivity contribution is 6.22. The van der Waals surface area contributed by atoms with Gasteiger partial charge in [-0.15, -0.1) is 0 Å². The van der Waals surface area contributed by atoms with Crippen LogP contribution in [-0.4, -0.2) is 71.9 Å². The number of aliphatic hydroxyl groups excluding tert-OH is 1. The number of fused-ring (bicyclic) bond motifs is 3. The Kier molecular flexibility index (Phi) is 6.46. The maximum Gasteiger partial charge on any atom is 0.255 e. The van der Waals surface area contributed by atoms with Crippen LogP contribution in [0.2, 0.25) is 0 Å². The molecule has 1 aromatic carbocycles. The monoisotopic (exact) mass is 575 g/mol. The second-order valence-corrected chi connectivity index (χ2v) is 13.5. The number of methoxy groups -OCH3 is 1. The Bertz CT molecular complexity index is 1430. The number of carbonyl (C=O) groups excluding carboxylic acids is 3. The van der Waals surface area contributed by atoms with Crippen molar-refractivity contribution in [1.82, 2.24) is 4.90 Å². The normalized spacial score (nSPS) is 34.7. The lowest BCUT2D eigenvalue weighted by molar-refractivity contribution is -0.136. The minimum Gasteiger partial charge on any atom is -0.510 e. The Morgan fingerprint density at radius 2 is 1.69 bits per heavy atom. The number of nitrogens with two attached hydrogens (primary N) is 1. The highest BCUT2D eigenvalue weighted by atomic mass is 16.5. The van der Waals surface area contributed by atoms with Gasteiger partial charge in [0.1, 0.15) is 22.8 Å². The zero-order chi connectivity index (χ0) is 29.5. The summed E-state index contributed by atoms with van der Waals surface area (Å²) in [6.07, 6.45) is 6.66. The number of allylic oxidation sites excluding steroid dienone is 1. The number of aromatic hydroxyl groups is 1. The number of rotatable bonds is 5. The van der Waals surface area contributed by atoms with E-state index in [0.29, 0.717) is 35.7 Å². The first kappa shape index (κ1) is 27.5. The minimum absolute atomic E-state index is 0.0563. The van der Waals surface area contributed by atoms with Crippen molar-refractivity contribution in [3.05, 3.63) is 45.9 Å². The summed E-state index contributed by atoms with van der Waals surface area (Å²) in [5.74, 6) is -2.02. The first-order valence-electron chi connectivity index (χ1n) is 15.6. The smallest absolute Gasteiger partial charge is 0.255 e. The van der Waals surface area contributed by atoms with Gasteiger partial charge in [-0.1, -0.05) is 6.92 Å². The van der Waals surface area contributed by atoms with Gasteiger partial charge in [-0.25, -0.2) is 0 Å². The molecule has 3 fully saturated rings. The van der Waals surface area contributed by atoms with E-state index in [9.17, 15) is 24.6 Å². The van der Waals surface area contributed by atoms with E-state index in [1.54, 1.807) is 6.07 Å². The zero-order valence-electron chi connectivity index (χ0n) is 24.5. The van der Waals surface area contributed by atoms with Crippen molar-refractivity contribution in [2.75, 3.05) is 38.2 Å². The topological polar surface area (TPSA) is 133 Å². The summed E-state index contributed by atoms with van der Waals surface area (Å²) in [5.41, 5.74) is 6.87. The predicted octanol–water partition coefficient (Wildman–Crippen LogP) is 3.64. The summed E-state index contributed by atoms with van der Waals surface area (Å²) in [6.45, 7) is 5.43. The molecule has 2 saturated heterocycles. The summed E-state index contributed by atoms with van der Waals surface area (Å²) in [4.78, 5) is 46.0. The number of Topliss-reactive ketones (excluding diaryl/α,β-unsaturated/α-hetero) is 2. The third-order valence-electron chi connectivity index (χ3n) is 11.3. The molecule has 2 heterocycles. The summed E-state index contributed by atoms with van der Waals surface area (Å²) in [6, 6.07) is 2.90. The number of benzene rings is 1. The van der Waals surface area contributed by atoms with Crippen molar-refractivity contribution in [3.63, 3.8) is 0 Å². The van der Waals surface area contributed by atoms with Crippen molar-refractivity contribution in [2.45, 2.75) is 64.3 Å². The van der Waals surface area contributed by atoms with E-state index in [1.807, 2.05) is 6.07 Å². The molecule has 6 aliphatic rings. The van der Waals surface area contributed by atoms with Crippen LogP contribution in [0.15, 0.2) is 34.8 Å². The van der Waals surface area contributed by atoms with Crippen LogP contribution in [0.25, 0.3) is 0 Å². The third kappa shape index (κ3) is 3.61. The van der Waals surface area contributed by atoms with E-state index in [1.165, 1.54) is 7.11 Å². The van der Waals surface area contributed by atoms with Gasteiger partial charge in [-0.05, 0) is 99.9 Å². The van der Waals surface area contributed by atoms with E-state index < -0.39 is 23.1 Å². The second kappa shape index (κ2) is 9.86. The van der Waals surface area contributed by atoms with Gasteiger partial charge >= 0.3 is 0 Å². The van der Waals surface area contributed by atoms with Crippen LogP contribution < -0.4 is 10.6 Å². The van der Waals surface area contributed by atoms with Crippen molar-refractivity contribution >= 4 is 23.2 Å². The number of hydrogen-bond acceptors (Lipinski definition) is 8. The van der Waals surface area contributed by atoms with Crippen LogP contribution in [-0.2, 0) is 20.7 Å². The number of ketones is 2. The van der Waals surface area contributed by atoms with Crippen molar-refractivity contribution in [2.24, 2.45) is 34.8 Å². The number of nitrogens with zero attached hydrogens (tertiary/aromatic N) is 2. The standard InChI is InChI=1S/C33H41N3O6/c1-17-13-19(14-17)33-21(27(36-11-5-6-12-36)29(39)26(30(33)40)32(34)41)16-18-15-20-22(35-9-3-4-10-35)7-8-23(37)25(20)28(38)24(18)31(33)42-2/h7-8,17-19,21,27,37,40H,3-6,9-16H2,1-2H3,(H2,34,41)/t17?,18?,19?,21-,27?,33-/m0/s1. The number of primary amides is 1. The fraction of sp³-hybridized carbons (Fsp3) is 0.606. The first-order valence-corrected chi connectivity index (χ1v) is 15.6. The van der Waals surface area contributed by atoms with Crippen LogP contribution in [0, 0.1) is 29.1 Å². The molecule has 224 valence electrons. The van der Waals surface area contributed by atoms with Crippen LogP contribution in [0.3, 0.4) is 0 Å². The van der Waals surface area contributed by atoms with E-state index in [-0.39, 0.29) is 40.6 Å². The molecule has 0 radical (unpaired) electrons. The number of anilines is 1. The Balaban J connectivity index is 1.48. The van der Waals surface area contributed by atoms with Crippen LogP contribution in [0.1, 0.15) is 67.8 Å². The quantitative estimate of drug-likeness (QED) is 0.453. The van der Waals surface area contributed by atoms with Crippen molar-refractivity contribution in [3.8, 4) is 5.75 Å². The van der Waals surface area contributed by atoms with Gasteiger partial charge in [-0.2, -0.15) is 0 Å². The SMILES string of the molecule is COC1=C2C(=O)c3c(O)ccc(N4CCCC4)c3CC2C[C@H]2C(N3CCCC3)C(=O)C(C(N)=O)=C(O)[C@@]12C1CC(C)C1. The van der Waals surface area contributed by atoms with Gasteiger partial charge in [0.2, 0.25) is 0 Å². The maximum absolute atomic E-state index is 14.6. The number of phenols is 1. The number of amides is 1. The van der Waals surface area contributed by atoms with E-state index in [4.69, 9.17) is 10.5 Å². The molecule has 0 spiro atoms. The highest BCUT2D eigenvalue weighted by Gasteiger charge is 2.67. The van der Waals surface area contributed by atoms with Gasteiger partial charge in [0.15, 0.2) is 11.6 Å². The van der Waals surface area contributed by atoms with E-state index in [2.05, 4.69) is 16.7 Å². The molecule has 2 unspecified atom stereocenters. The lowest BCUT2D eigenvalue weighted by Gasteiger charge is -2.59. The molecule has 4 N–H and O–H groups in total. The number of phenolic OH excluding ortho intramolecular Hbond substituents is 1. The van der Waals surface area contributed by atoms with Crippen molar-refractivity contribution < 1.29 is 29.3 Å². The van der Waals surface area contributed by atoms with Gasteiger partial charge in [0.25, 0.3) is 5.91 Å². The molecule has 7 rings (SSSR count). The molecular weight excluding hydrogens is 534 g/mol. The molecule has 0 bridgehead atoms. The average Bonchev–Trinajstić information content (AvgIpc) is 3.66. The van der Waals surface area contributed by atoms with Gasteiger partial charge < -0.3 is 25.6 Å². The first-order chi connectivity index (χ1) is 20.2. The lowest BCUT2D eigenvalue weighted by Crippen LogP contribution is -2.63. The molecule has 9 heteroatoms. The predicted molar refractivity (Wildman–Crippen MR) is 156 cm³/mol. The lowest BCUT2D eigenvalue weighted by atomic mass is 9.46. The fourth-order valence-electron chi connectivity index (χ4n) is 9.61. The van der Waals surface area contributed by atoms with Gasteiger partial charge in [-0.3, -0.25) is 19.3 Å². The Morgan fingerprint density at radius 3 is 2.31 bits per heavy atom. The number of ether oxygens (including phenoxy) is 1. The molecule has 1 aromatic rings. The van der Waals surface area contributed by atoms with Crippen LogP contribution in [0.4, 0.5) is 5.69 Å². The number of hydrogen-bond donors (Lipinski definition) is 3. The van der Waals surface area contributed by atoms with Crippen LogP contribution in [0.5, 0.6) is 5.75 Å². The third-order valence-corrected chi connectivity index (χ3v) is 11.3. The number of aliphatic hydroxyl groups is 1. The fourth-order valence-corrected chi connectivity index (χ4v) is 9.61. The van der Waals surface area contributed by atoms with Crippen molar-refractivity contribution in [1.29, 1.82) is 0 Å². The molecule has 9 nitrogen and oxygen atoms in total. The molecule has 4 atom stereocenters. The summed E-state index contributed by atoms with van der Waals surface area (Å²) in [7, 11) is 1.52. The van der Waals surface area contributed by atoms with E-state index in [0.717, 1.165) is 76.0 Å². The number of likely N-dealkylation sites (tertiary alicyclic amines) is 1. The molecule has 4 aliphatic carbocycles. The van der Waals surface area contributed by atoms with Gasteiger partial charge in [0, 0.05) is 30.3 Å². The molecule has 0 aromatic heterocycles. The largest absolute Gasteiger partial charge is 0.510 e. The zero-order valence-corrected chi connectivity index (χ0v) is 24.5. The molecule has 1 amide bonds. The number of carbonyl (C=O) groups is 3. The van der Waals surface area contributed by atoms with Crippen LogP contribution >= 0.6 is 0 Å². The van der Waals surface area contributed by atoms with Gasteiger partial charge in [0.05, 0.1) is 24.1 Å². The molecule has 42 heavy (non-hydrogen) atoms. The summed E-state index contributed by atoms with van der Waals surface area (Å²) < 4.78 is 6.22. The minimum atomic E-state index is -1.21. The Morgan fingerprint density at radius 1 is 1.02 bits per heavy atom. The Labute approximate surface area is 246 Å². The highest BCUT2D eigenvalue weighted by Crippen LogP contribution is 2.66. The molecular formula is C33H41N3O6. The summed E-state index contributed by atoms with van der Waals surface area (Å²) >= 11 is 0. The molecule has 2 aliphatic heterocycles. The summed E-state index contributed by atoms with van der Waals surface area (Å²) in [5, 5.41) is 23.2. The maximum atomic E-state index is 14.6. The average molecular weight is 576 g/mol.